The third kappa shape index (κ3) is 1.62. The number of nitrogens with one attached hydrogen (secondary N) is 1. The first kappa shape index (κ1) is 11.2. The molecular weight excluding hydrogens is 214 g/mol. The number of amides is 2. The minimum Gasteiger partial charge on any atom is -0.296 e. The van der Waals surface area contributed by atoms with E-state index in [4.69, 9.17) is 0 Å². The molecule has 0 aromatic rings. The maximum absolute atomic E-state index is 12.3. The van der Waals surface area contributed by atoms with E-state index in [9.17, 15) is 9.59 Å². The summed E-state index contributed by atoms with van der Waals surface area (Å²) in [5.41, 5.74) is -0.315. The second kappa shape index (κ2) is 4.11. The fourth-order valence-electron chi connectivity index (χ4n) is 4.51. The van der Waals surface area contributed by atoms with Crippen molar-refractivity contribution in [1.82, 2.24) is 5.32 Å². The third-order valence-corrected chi connectivity index (χ3v) is 5.30. The molecule has 2 amide bonds. The molecule has 94 valence electrons. The van der Waals surface area contributed by atoms with Gasteiger partial charge in [0.05, 0.1) is 5.41 Å². The summed E-state index contributed by atoms with van der Waals surface area (Å²) in [7, 11) is 0. The van der Waals surface area contributed by atoms with E-state index in [0.717, 1.165) is 25.7 Å². The smallest absolute Gasteiger partial charge is 0.233 e. The second-order valence-electron chi connectivity index (χ2n) is 6.06. The van der Waals surface area contributed by atoms with Crippen LogP contribution >= 0.6 is 0 Å². The van der Waals surface area contributed by atoms with Crippen LogP contribution in [0.5, 0.6) is 0 Å². The molecule has 17 heavy (non-hydrogen) atoms. The summed E-state index contributed by atoms with van der Waals surface area (Å²) >= 11 is 0. The van der Waals surface area contributed by atoms with Gasteiger partial charge in [-0.3, -0.25) is 14.9 Å². The minimum atomic E-state index is -0.315. The largest absolute Gasteiger partial charge is 0.296 e. The molecule has 0 aromatic heterocycles. The van der Waals surface area contributed by atoms with Crippen molar-refractivity contribution >= 4 is 11.8 Å². The van der Waals surface area contributed by atoms with Crippen molar-refractivity contribution in [3.8, 4) is 0 Å². The Bertz CT molecular complexity index is 322. The fourth-order valence-corrected chi connectivity index (χ4v) is 4.51. The van der Waals surface area contributed by atoms with E-state index in [1.165, 1.54) is 25.7 Å². The first-order valence-corrected chi connectivity index (χ1v) is 7.08. The average Bonchev–Trinajstić information content (AvgIpc) is 2.98. The van der Waals surface area contributed by atoms with E-state index in [1.807, 2.05) is 0 Å². The zero-order valence-corrected chi connectivity index (χ0v) is 10.3. The molecule has 3 fully saturated rings. The summed E-state index contributed by atoms with van der Waals surface area (Å²) in [5, 5.41) is 2.58. The lowest BCUT2D eigenvalue weighted by atomic mass is 9.64. The number of hydrogen-bond acceptors (Lipinski definition) is 2. The molecule has 0 radical (unpaired) electrons. The van der Waals surface area contributed by atoms with Crippen LogP contribution in [0.1, 0.15) is 57.8 Å². The lowest BCUT2D eigenvalue weighted by molar-refractivity contribution is -0.134. The molecule has 0 aromatic carbocycles. The van der Waals surface area contributed by atoms with Crippen LogP contribution < -0.4 is 5.32 Å². The van der Waals surface area contributed by atoms with E-state index in [1.54, 1.807) is 0 Å². The van der Waals surface area contributed by atoms with Crippen molar-refractivity contribution < 1.29 is 9.59 Å². The maximum Gasteiger partial charge on any atom is 0.233 e. The Morgan fingerprint density at radius 2 is 1.35 bits per heavy atom. The van der Waals surface area contributed by atoms with Gasteiger partial charge >= 0.3 is 0 Å². The van der Waals surface area contributed by atoms with Crippen molar-refractivity contribution in [2.45, 2.75) is 57.8 Å². The summed E-state index contributed by atoms with van der Waals surface area (Å²) in [6, 6.07) is 0. The molecule has 3 nitrogen and oxygen atoms in total. The van der Waals surface area contributed by atoms with Gasteiger partial charge < -0.3 is 0 Å². The van der Waals surface area contributed by atoms with Crippen LogP contribution in [0.25, 0.3) is 0 Å². The highest BCUT2D eigenvalue weighted by Crippen LogP contribution is 2.54. The van der Waals surface area contributed by atoms with Gasteiger partial charge in [-0.2, -0.15) is 0 Å². The van der Waals surface area contributed by atoms with E-state index in [0.29, 0.717) is 18.3 Å². The van der Waals surface area contributed by atoms with Crippen LogP contribution in [0.4, 0.5) is 0 Å². The van der Waals surface area contributed by atoms with Gasteiger partial charge in [-0.05, 0) is 37.5 Å². The predicted molar refractivity (Wildman–Crippen MR) is 64.1 cm³/mol. The Morgan fingerprint density at radius 1 is 0.882 bits per heavy atom. The molecule has 0 unspecified atom stereocenters. The van der Waals surface area contributed by atoms with Crippen molar-refractivity contribution in [2.75, 3.05) is 0 Å². The number of hydrogen-bond donors (Lipinski definition) is 1. The van der Waals surface area contributed by atoms with Crippen molar-refractivity contribution in [1.29, 1.82) is 0 Å². The monoisotopic (exact) mass is 235 g/mol. The number of carbonyl (C=O) groups is 2. The molecule has 3 aliphatic rings. The van der Waals surface area contributed by atoms with Crippen LogP contribution in [0.15, 0.2) is 0 Å². The highest BCUT2D eigenvalue weighted by atomic mass is 16.2. The molecule has 0 bridgehead atoms. The molecule has 0 spiro atoms. The van der Waals surface area contributed by atoms with E-state index >= 15 is 0 Å². The highest BCUT2D eigenvalue weighted by Gasteiger charge is 2.56. The van der Waals surface area contributed by atoms with Crippen LogP contribution in [-0.2, 0) is 9.59 Å². The zero-order valence-electron chi connectivity index (χ0n) is 10.3. The Balaban J connectivity index is 1.93. The summed E-state index contributed by atoms with van der Waals surface area (Å²) in [4.78, 5) is 24.0. The van der Waals surface area contributed by atoms with Gasteiger partial charge in [-0.25, -0.2) is 0 Å². The van der Waals surface area contributed by atoms with Crippen molar-refractivity contribution in [3.05, 3.63) is 0 Å². The number of imide groups is 1. The highest BCUT2D eigenvalue weighted by molar-refractivity contribution is 6.06. The van der Waals surface area contributed by atoms with E-state index < -0.39 is 0 Å². The predicted octanol–water partition coefficient (Wildman–Crippen LogP) is 2.40. The summed E-state index contributed by atoms with van der Waals surface area (Å²) < 4.78 is 0. The quantitative estimate of drug-likeness (QED) is 0.747. The summed E-state index contributed by atoms with van der Waals surface area (Å²) in [6.45, 7) is 0. The van der Waals surface area contributed by atoms with Crippen LogP contribution in [-0.4, -0.2) is 11.8 Å². The summed E-state index contributed by atoms with van der Waals surface area (Å²) in [6.07, 6.45) is 10.0. The van der Waals surface area contributed by atoms with Gasteiger partial charge in [0.1, 0.15) is 0 Å². The second-order valence-corrected chi connectivity index (χ2v) is 6.06. The maximum atomic E-state index is 12.3. The SMILES string of the molecule is O=C1CC(C2CCCC2)(C2CCCC2)C(=O)N1. The molecular formula is C14H21NO2. The van der Waals surface area contributed by atoms with Crippen molar-refractivity contribution in [3.63, 3.8) is 0 Å². The molecule has 2 saturated carbocycles. The third-order valence-electron chi connectivity index (χ3n) is 5.30. The van der Waals surface area contributed by atoms with Gasteiger partial charge in [0.2, 0.25) is 11.8 Å². The van der Waals surface area contributed by atoms with Gasteiger partial charge in [0, 0.05) is 6.42 Å². The zero-order chi connectivity index (χ0) is 11.9. The molecule has 3 rings (SSSR count). The molecule has 2 aliphatic carbocycles. The molecule has 0 atom stereocenters. The standard InChI is InChI=1S/C14H21NO2/c16-12-9-14(13(17)15-12,10-5-1-2-6-10)11-7-3-4-8-11/h10-11H,1-9H2,(H,15,16,17). The summed E-state index contributed by atoms with van der Waals surface area (Å²) in [5.74, 6) is 0.962. The van der Waals surface area contributed by atoms with Gasteiger partial charge in [0.15, 0.2) is 0 Å². The molecule has 1 aliphatic heterocycles. The fraction of sp³-hybridized carbons (Fsp3) is 0.857. The van der Waals surface area contributed by atoms with Crippen LogP contribution in [0.3, 0.4) is 0 Å². The van der Waals surface area contributed by atoms with Gasteiger partial charge in [-0.1, -0.05) is 25.7 Å². The Hall–Kier alpha value is -0.860. The molecule has 1 heterocycles. The number of carbonyl (C=O) groups excluding carboxylic acids is 2. The first-order valence-electron chi connectivity index (χ1n) is 7.08. The first-order chi connectivity index (χ1) is 8.23. The van der Waals surface area contributed by atoms with Crippen LogP contribution in [0.2, 0.25) is 0 Å². The normalized spacial score (nSPS) is 30.1. The topological polar surface area (TPSA) is 46.2 Å². The van der Waals surface area contributed by atoms with Crippen molar-refractivity contribution in [2.24, 2.45) is 17.3 Å². The Morgan fingerprint density at radius 3 is 1.71 bits per heavy atom. The van der Waals surface area contributed by atoms with Gasteiger partial charge in [-0.15, -0.1) is 0 Å². The molecule has 1 saturated heterocycles. The lowest BCUT2D eigenvalue weighted by Crippen LogP contribution is -2.42. The Labute approximate surface area is 102 Å². The van der Waals surface area contributed by atoms with Gasteiger partial charge in [0.25, 0.3) is 0 Å². The minimum absolute atomic E-state index is 0.0335. The molecule has 1 N–H and O–H groups in total. The molecule has 3 heteroatoms. The lowest BCUT2D eigenvalue weighted by Gasteiger charge is -2.37. The van der Waals surface area contributed by atoms with E-state index in [-0.39, 0.29) is 17.2 Å². The average molecular weight is 235 g/mol. The van der Waals surface area contributed by atoms with E-state index in [2.05, 4.69) is 5.32 Å². The number of rotatable bonds is 2. The van der Waals surface area contributed by atoms with Crippen LogP contribution in [0, 0.1) is 17.3 Å². The Kier molecular flexibility index (Phi) is 2.72.